The number of allylic oxidation sites excluding steroid dienone is 4. The molecule has 0 amide bonds. The Morgan fingerprint density at radius 1 is 0.612 bits per heavy atom. The molecule has 0 aliphatic heterocycles. The molecule has 0 spiro atoms. The third kappa shape index (κ3) is 5.59. The fourth-order valence-electron chi connectivity index (χ4n) is 6.58. The lowest BCUT2D eigenvalue weighted by molar-refractivity contribution is 0.592. The third-order valence-electron chi connectivity index (χ3n) is 8.91. The highest BCUT2D eigenvalue weighted by Crippen LogP contribution is 2.43. The number of fused-ring (bicyclic) bond motifs is 6. The molecular formula is C44H38N3OP. The maximum atomic E-state index is 14.9. The molecule has 8 rings (SSSR count). The number of aromatic nitrogens is 3. The van der Waals surface area contributed by atoms with Crippen molar-refractivity contribution < 1.29 is 4.57 Å². The van der Waals surface area contributed by atoms with Crippen LogP contribution in [0.25, 0.3) is 55.1 Å². The molecule has 4 nitrogen and oxygen atoms in total. The number of nitrogens with zero attached hydrogens (tertiary/aromatic N) is 3. The molecule has 0 atom stereocenters. The SMILES string of the molecule is C/C=C\C(=C/C)c1nc2ccc(-c3ccc4cc(P(=O)(c5ccccc5)c5ccccc5)ccc4c3)cc2c2nc3ccccc3n12.CC. The van der Waals surface area contributed by atoms with Gasteiger partial charge in [0.2, 0.25) is 0 Å². The molecule has 8 aromatic rings. The Hall–Kier alpha value is -5.57. The van der Waals surface area contributed by atoms with E-state index in [1.54, 1.807) is 0 Å². The summed E-state index contributed by atoms with van der Waals surface area (Å²) in [5.41, 5.74) is 7.00. The summed E-state index contributed by atoms with van der Waals surface area (Å²) in [7, 11) is -3.06. The van der Waals surface area contributed by atoms with E-state index in [0.29, 0.717) is 0 Å². The normalized spacial score (nSPS) is 12.2. The Bertz CT molecular complexity index is 2520. The number of para-hydroxylation sites is 2. The molecule has 0 saturated heterocycles. The minimum absolute atomic E-state index is 0.829. The minimum atomic E-state index is -3.06. The van der Waals surface area contributed by atoms with Gasteiger partial charge in [0.1, 0.15) is 11.5 Å². The smallest absolute Gasteiger partial charge is 0.171 e. The molecule has 0 N–H and O–H groups in total. The first-order valence-electron chi connectivity index (χ1n) is 16.8. The summed E-state index contributed by atoms with van der Waals surface area (Å²) < 4.78 is 17.1. The van der Waals surface area contributed by atoms with Crippen molar-refractivity contribution in [3.8, 4) is 11.1 Å². The van der Waals surface area contributed by atoms with Crippen LogP contribution in [0.1, 0.15) is 33.5 Å². The van der Waals surface area contributed by atoms with E-state index in [4.69, 9.17) is 9.97 Å². The summed E-state index contributed by atoms with van der Waals surface area (Å²) in [5, 5.41) is 5.64. The van der Waals surface area contributed by atoms with Gasteiger partial charge in [0, 0.05) is 26.9 Å². The van der Waals surface area contributed by atoms with Crippen LogP contribution in [0.2, 0.25) is 0 Å². The predicted octanol–water partition coefficient (Wildman–Crippen LogP) is 10.5. The zero-order valence-electron chi connectivity index (χ0n) is 28.2. The summed E-state index contributed by atoms with van der Waals surface area (Å²) >= 11 is 0. The van der Waals surface area contributed by atoms with Crippen LogP contribution in [0.15, 0.2) is 158 Å². The average molecular weight is 656 g/mol. The van der Waals surface area contributed by atoms with Crippen LogP contribution in [0, 0.1) is 0 Å². The summed E-state index contributed by atoms with van der Waals surface area (Å²) in [5.74, 6) is 0.874. The fourth-order valence-corrected chi connectivity index (χ4v) is 9.27. The van der Waals surface area contributed by atoms with Gasteiger partial charge in [0.25, 0.3) is 0 Å². The lowest BCUT2D eigenvalue weighted by Crippen LogP contribution is -2.24. The first-order chi connectivity index (χ1) is 24.1. The Morgan fingerprint density at radius 3 is 1.92 bits per heavy atom. The van der Waals surface area contributed by atoms with E-state index < -0.39 is 7.14 Å². The second-order valence-corrected chi connectivity index (χ2v) is 14.5. The Kier molecular flexibility index (Phi) is 8.82. The molecule has 0 unspecified atom stereocenters. The van der Waals surface area contributed by atoms with Crippen molar-refractivity contribution in [2.75, 3.05) is 0 Å². The largest absolute Gasteiger partial charge is 0.309 e. The molecule has 49 heavy (non-hydrogen) atoms. The molecule has 0 fully saturated rings. The second-order valence-electron chi connectivity index (χ2n) is 11.7. The van der Waals surface area contributed by atoms with Crippen LogP contribution < -0.4 is 15.9 Å². The van der Waals surface area contributed by atoms with Crippen molar-refractivity contribution in [3.63, 3.8) is 0 Å². The number of rotatable bonds is 6. The molecule has 0 saturated carbocycles. The van der Waals surface area contributed by atoms with Crippen LogP contribution in [-0.4, -0.2) is 14.4 Å². The molecule has 0 bridgehead atoms. The van der Waals surface area contributed by atoms with Gasteiger partial charge in [-0.1, -0.05) is 135 Å². The van der Waals surface area contributed by atoms with Crippen molar-refractivity contribution in [1.29, 1.82) is 0 Å². The number of imidazole rings is 1. The van der Waals surface area contributed by atoms with Gasteiger partial charge in [-0.05, 0) is 72.1 Å². The second kappa shape index (κ2) is 13.5. The van der Waals surface area contributed by atoms with Crippen molar-refractivity contribution >= 4 is 67.0 Å². The van der Waals surface area contributed by atoms with E-state index in [0.717, 1.165) is 76.8 Å². The van der Waals surface area contributed by atoms with E-state index >= 15 is 0 Å². The van der Waals surface area contributed by atoms with E-state index in [-0.39, 0.29) is 0 Å². The van der Waals surface area contributed by atoms with Gasteiger partial charge in [-0.2, -0.15) is 0 Å². The van der Waals surface area contributed by atoms with Crippen molar-refractivity contribution in [1.82, 2.24) is 14.4 Å². The maximum Gasteiger partial charge on any atom is 0.171 e. The van der Waals surface area contributed by atoms with Crippen LogP contribution in [0.5, 0.6) is 0 Å². The summed E-state index contributed by atoms with van der Waals surface area (Å²) in [6, 6.07) is 47.0. The van der Waals surface area contributed by atoms with Gasteiger partial charge in [0.15, 0.2) is 7.14 Å². The molecule has 6 aromatic carbocycles. The number of hydrogen-bond acceptors (Lipinski definition) is 3. The minimum Gasteiger partial charge on any atom is -0.309 e. The summed E-state index contributed by atoms with van der Waals surface area (Å²) in [6.45, 7) is 8.07. The van der Waals surface area contributed by atoms with Gasteiger partial charge in [0.05, 0.1) is 16.6 Å². The Morgan fingerprint density at radius 2 is 1.22 bits per heavy atom. The highest BCUT2D eigenvalue weighted by atomic mass is 31.2. The van der Waals surface area contributed by atoms with E-state index in [2.05, 4.69) is 77.2 Å². The van der Waals surface area contributed by atoms with E-state index in [1.165, 1.54) is 0 Å². The monoisotopic (exact) mass is 655 g/mol. The van der Waals surface area contributed by atoms with Crippen LogP contribution in [-0.2, 0) is 4.57 Å². The zero-order valence-corrected chi connectivity index (χ0v) is 29.1. The molecular weight excluding hydrogens is 617 g/mol. The first-order valence-corrected chi connectivity index (χ1v) is 18.6. The highest BCUT2D eigenvalue weighted by molar-refractivity contribution is 7.85. The number of hydrogen-bond donors (Lipinski definition) is 0. The predicted molar refractivity (Wildman–Crippen MR) is 210 cm³/mol. The van der Waals surface area contributed by atoms with Crippen molar-refractivity contribution in [3.05, 3.63) is 164 Å². The fraction of sp³-hybridized carbons (Fsp3) is 0.0909. The van der Waals surface area contributed by atoms with E-state index in [1.807, 2.05) is 113 Å². The first kappa shape index (κ1) is 32.0. The van der Waals surface area contributed by atoms with Gasteiger partial charge in [-0.15, -0.1) is 0 Å². The van der Waals surface area contributed by atoms with E-state index in [9.17, 15) is 4.57 Å². The van der Waals surface area contributed by atoms with Gasteiger partial charge in [-0.25, -0.2) is 9.97 Å². The van der Waals surface area contributed by atoms with Gasteiger partial charge in [-0.3, -0.25) is 4.40 Å². The average Bonchev–Trinajstić information content (AvgIpc) is 3.57. The zero-order chi connectivity index (χ0) is 34.0. The molecule has 0 radical (unpaired) electrons. The lowest BCUT2D eigenvalue weighted by Gasteiger charge is -2.20. The van der Waals surface area contributed by atoms with Crippen LogP contribution in [0.4, 0.5) is 0 Å². The lowest BCUT2D eigenvalue weighted by atomic mass is 10.00. The highest BCUT2D eigenvalue weighted by Gasteiger charge is 2.29. The molecule has 2 heterocycles. The van der Waals surface area contributed by atoms with Gasteiger partial charge < -0.3 is 4.57 Å². The quantitative estimate of drug-likeness (QED) is 0.132. The van der Waals surface area contributed by atoms with Crippen molar-refractivity contribution in [2.24, 2.45) is 0 Å². The molecule has 2 aromatic heterocycles. The molecule has 240 valence electrons. The third-order valence-corrected chi connectivity index (χ3v) is 12.0. The molecule has 0 aliphatic rings. The number of benzene rings is 6. The summed E-state index contributed by atoms with van der Waals surface area (Å²) in [4.78, 5) is 10.3. The topological polar surface area (TPSA) is 47.3 Å². The standard InChI is InChI=1S/C42H32N3OP.C2H6/c1-3-13-29(4-2)41-43-38-25-23-33(28-37(38)42-44-39-18-11-12-19-40(39)45(41)42)30-20-21-32-27-36(24-22-31(32)26-30)47(46,34-14-7-5-8-15-34)35-16-9-6-10-17-35;1-2/h3-28H,1-2H3;1-2H3/b13-3-,29-4+;. The Labute approximate surface area is 287 Å². The summed E-state index contributed by atoms with van der Waals surface area (Å²) in [6.07, 6.45) is 6.23. The maximum absolute atomic E-state index is 14.9. The van der Waals surface area contributed by atoms with Gasteiger partial charge >= 0.3 is 0 Å². The Balaban J connectivity index is 0.00000186. The van der Waals surface area contributed by atoms with Crippen LogP contribution in [0.3, 0.4) is 0 Å². The van der Waals surface area contributed by atoms with Crippen molar-refractivity contribution in [2.45, 2.75) is 27.7 Å². The van der Waals surface area contributed by atoms with Crippen LogP contribution >= 0.6 is 7.14 Å². The molecule has 0 aliphatic carbocycles. The molecule has 5 heteroatoms.